The fourth-order valence-corrected chi connectivity index (χ4v) is 8.39. The number of aryl methyl sites for hydroxylation is 3. The van der Waals surface area contributed by atoms with Crippen LogP contribution in [0.15, 0.2) is 35.4 Å². The van der Waals surface area contributed by atoms with E-state index in [0.717, 1.165) is 24.2 Å². The Labute approximate surface area is 302 Å². The first kappa shape index (κ1) is 33.9. The molecule has 1 saturated heterocycles. The lowest BCUT2D eigenvalue weighted by molar-refractivity contribution is -0.116. The van der Waals surface area contributed by atoms with E-state index in [4.69, 9.17) is 21.7 Å². The lowest BCUT2D eigenvalue weighted by Crippen LogP contribution is -2.46. The van der Waals surface area contributed by atoms with Crippen LogP contribution in [0.25, 0.3) is 17.2 Å². The van der Waals surface area contributed by atoms with E-state index in [1.54, 1.807) is 22.5 Å². The molecule has 1 unspecified atom stereocenters. The molecule has 2 amide bonds. The number of amides is 2. The van der Waals surface area contributed by atoms with Crippen molar-refractivity contribution in [2.24, 2.45) is 0 Å². The smallest absolute Gasteiger partial charge is 0.279 e. The molecule has 1 saturated carbocycles. The van der Waals surface area contributed by atoms with Gasteiger partial charge in [0.15, 0.2) is 17.3 Å². The third-order valence-corrected chi connectivity index (χ3v) is 11.0. The monoisotopic (exact) mass is 725 g/mol. The Morgan fingerprint density at radius 3 is 2.46 bits per heavy atom. The van der Waals surface area contributed by atoms with Crippen molar-refractivity contribution in [3.63, 3.8) is 0 Å². The van der Waals surface area contributed by atoms with Gasteiger partial charge in [-0.25, -0.2) is 14.4 Å². The molecule has 268 valence electrons. The maximum atomic E-state index is 15.0. The first-order valence-electron chi connectivity index (χ1n) is 17.4. The quantitative estimate of drug-likeness (QED) is 0.235. The number of piperidine rings is 1. The summed E-state index contributed by atoms with van der Waals surface area (Å²) in [5, 5.41) is 18.2. The highest BCUT2D eigenvalue weighted by molar-refractivity contribution is 6.33. The second-order valence-electron chi connectivity index (χ2n) is 14.4. The Morgan fingerprint density at radius 2 is 1.77 bits per heavy atom. The van der Waals surface area contributed by atoms with E-state index >= 15 is 0 Å². The highest BCUT2D eigenvalue weighted by atomic mass is 35.5. The van der Waals surface area contributed by atoms with E-state index in [1.165, 1.54) is 16.9 Å². The summed E-state index contributed by atoms with van der Waals surface area (Å²) in [7, 11) is 0. The standard InChI is InChI=1S/C37H37ClFN9O4/c1-18-15-37(7-9-46(10-8-37)35(52)30-32(50)21(4)40-17-41-30)29-31(18)47(16-28(49)43-27-14-26(39)24(13-25(27)38)22-5-6-22)36-44-33(45-48(36)34(29)51)23-11-19(2)42-20(3)12-23/h11-14,17-18,22,50H,5-10,15-16H2,1-4H3,(H,43,49). The zero-order valence-electron chi connectivity index (χ0n) is 29.2. The summed E-state index contributed by atoms with van der Waals surface area (Å²) in [4.78, 5) is 60.8. The van der Waals surface area contributed by atoms with Gasteiger partial charge in [-0.1, -0.05) is 18.5 Å². The van der Waals surface area contributed by atoms with Gasteiger partial charge >= 0.3 is 0 Å². The number of carbonyl (C=O) groups excluding carboxylic acids is 2. The third kappa shape index (κ3) is 5.69. The summed E-state index contributed by atoms with van der Waals surface area (Å²) in [5.74, 6) is -1.03. The van der Waals surface area contributed by atoms with Gasteiger partial charge in [0.1, 0.15) is 18.7 Å². The molecule has 2 fully saturated rings. The SMILES string of the molecule is Cc1cc(-c2nc3n(CC(=O)Nc4cc(F)c(C5CC5)cc4Cl)c4c(c(=O)n3n2)C2(CCN(C(=O)c3ncnc(C)c3O)CC2)CC4C)cc(C)n1. The Bertz CT molecular complexity index is 2360. The van der Waals surface area contributed by atoms with Crippen LogP contribution >= 0.6 is 11.6 Å². The van der Waals surface area contributed by atoms with E-state index in [2.05, 4.69) is 20.3 Å². The molecule has 15 heteroatoms. The van der Waals surface area contributed by atoms with E-state index < -0.39 is 23.0 Å². The average molecular weight is 726 g/mol. The molecule has 0 bridgehead atoms. The highest BCUT2D eigenvalue weighted by Crippen LogP contribution is 2.50. The summed E-state index contributed by atoms with van der Waals surface area (Å²) in [6.07, 6.45) is 4.62. The number of nitrogens with zero attached hydrogens (tertiary/aromatic N) is 8. The number of anilines is 1. The largest absolute Gasteiger partial charge is 0.504 e. The predicted molar refractivity (Wildman–Crippen MR) is 190 cm³/mol. The molecule has 4 aromatic heterocycles. The number of aromatic hydroxyl groups is 1. The molecular weight excluding hydrogens is 689 g/mol. The number of nitrogens with one attached hydrogen (secondary N) is 1. The maximum Gasteiger partial charge on any atom is 0.279 e. The molecule has 1 aromatic carbocycles. The van der Waals surface area contributed by atoms with Crippen LogP contribution in [0.2, 0.25) is 5.02 Å². The van der Waals surface area contributed by atoms with Crippen LogP contribution < -0.4 is 10.9 Å². The van der Waals surface area contributed by atoms with Crippen molar-refractivity contribution >= 4 is 34.9 Å². The number of carbonyl (C=O) groups is 2. The average Bonchev–Trinajstić information content (AvgIpc) is 3.77. The van der Waals surface area contributed by atoms with Gasteiger partial charge < -0.3 is 19.9 Å². The molecule has 3 aliphatic rings. The fraction of sp³-hybridized carbons (Fsp3) is 0.405. The van der Waals surface area contributed by atoms with Gasteiger partial charge in [0.05, 0.1) is 16.4 Å². The number of pyridine rings is 1. The Hall–Kier alpha value is -5.24. The van der Waals surface area contributed by atoms with Crippen LogP contribution in [-0.4, -0.2) is 69.0 Å². The van der Waals surface area contributed by atoms with Gasteiger partial charge in [-0.15, -0.1) is 5.10 Å². The lowest BCUT2D eigenvalue weighted by atomic mass is 9.73. The topological polar surface area (TPSA) is 160 Å². The number of halogens is 2. The molecule has 13 nitrogen and oxygen atoms in total. The maximum absolute atomic E-state index is 15.0. The van der Waals surface area contributed by atoms with Crippen LogP contribution in [0.4, 0.5) is 10.1 Å². The molecular formula is C37H37ClFN9O4. The molecule has 1 spiro atoms. The van der Waals surface area contributed by atoms with Gasteiger partial charge in [-0.05, 0) is 94.5 Å². The Balaban J connectivity index is 1.19. The van der Waals surface area contributed by atoms with Gasteiger partial charge in [0.25, 0.3) is 11.5 Å². The molecule has 1 atom stereocenters. The zero-order valence-corrected chi connectivity index (χ0v) is 30.0. The van der Waals surface area contributed by atoms with Gasteiger partial charge in [0.2, 0.25) is 11.7 Å². The fourth-order valence-electron chi connectivity index (χ4n) is 8.17. The molecule has 1 aliphatic heterocycles. The number of benzene rings is 1. The number of hydrogen-bond acceptors (Lipinski definition) is 9. The van der Waals surface area contributed by atoms with Crippen molar-refractivity contribution in [2.75, 3.05) is 18.4 Å². The second kappa shape index (κ2) is 12.5. The van der Waals surface area contributed by atoms with Crippen molar-refractivity contribution in [1.29, 1.82) is 0 Å². The number of fused-ring (bicyclic) bond motifs is 3. The number of aromatic nitrogens is 7. The zero-order chi connectivity index (χ0) is 36.6. The van der Waals surface area contributed by atoms with E-state index in [-0.39, 0.29) is 51.9 Å². The van der Waals surface area contributed by atoms with Crippen LogP contribution in [0.5, 0.6) is 5.75 Å². The molecule has 5 aromatic rings. The van der Waals surface area contributed by atoms with Crippen LogP contribution in [0.3, 0.4) is 0 Å². The first-order valence-corrected chi connectivity index (χ1v) is 17.8. The number of rotatable bonds is 6. The summed E-state index contributed by atoms with van der Waals surface area (Å²) in [5.41, 5.74) is 3.47. The molecule has 8 rings (SSSR count). The minimum absolute atomic E-state index is 0.0578. The summed E-state index contributed by atoms with van der Waals surface area (Å²) >= 11 is 6.53. The first-order chi connectivity index (χ1) is 24.8. The highest BCUT2D eigenvalue weighted by Gasteiger charge is 2.49. The van der Waals surface area contributed by atoms with Crippen molar-refractivity contribution < 1.29 is 19.1 Å². The molecule has 5 heterocycles. The van der Waals surface area contributed by atoms with Crippen molar-refractivity contribution in [3.8, 4) is 17.1 Å². The van der Waals surface area contributed by atoms with Crippen molar-refractivity contribution in [3.05, 3.63) is 91.4 Å². The van der Waals surface area contributed by atoms with Crippen molar-refractivity contribution in [1.82, 2.24) is 39.0 Å². The van der Waals surface area contributed by atoms with Crippen LogP contribution in [-0.2, 0) is 16.8 Å². The predicted octanol–water partition coefficient (Wildman–Crippen LogP) is 5.36. The van der Waals surface area contributed by atoms with Gasteiger partial charge in [-0.3, -0.25) is 19.4 Å². The molecule has 52 heavy (non-hydrogen) atoms. The minimum Gasteiger partial charge on any atom is -0.504 e. The second-order valence-corrected chi connectivity index (χ2v) is 14.9. The van der Waals surface area contributed by atoms with Gasteiger partial charge in [0, 0.05) is 46.7 Å². The van der Waals surface area contributed by atoms with E-state index in [0.29, 0.717) is 66.3 Å². The number of hydrogen-bond donors (Lipinski definition) is 2. The van der Waals surface area contributed by atoms with E-state index in [9.17, 15) is 23.9 Å². The van der Waals surface area contributed by atoms with Crippen molar-refractivity contribution in [2.45, 2.75) is 83.6 Å². The van der Waals surface area contributed by atoms with Crippen LogP contribution in [0, 0.1) is 26.6 Å². The summed E-state index contributed by atoms with van der Waals surface area (Å²) in [6, 6.07) is 6.52. The third-order valence-electron chi connectivity index (χ3n) is 10.7. The minimum atomic E-state index is -0.611. The summed E-state index contributed by atoms with van der Waals surface area (Å²) < 4.78 is 18.0. The molecule has 2 N–H and O–H groups in total. The van der Waals surface area contributed by atoms with E-state index in [1.807, 2.05) is 32.9 Å². The van der Waals surface area contributed by atoms with Gasteiger partial charge in [-0.2, -0.15) is 9.50 Å². The molecule has 0 radical (unpaired) electrons. The Morgan fingerprint density at radius 1 is 1.06 bits per heavy atom. The normalized spacial score (nSPS) is 17.9. The van der Waals surface area contributed by atoms with Crippen LogP contribution in [0.1, 0.15) is 95.3 Å². The Kier molecular flexibility index (Phi) is 8.12. The lowest BCUT2D eigenvalue weighted by Gasteiger charge is -2.39. The summed E-state index contributed by atoms with van der Waals surface area (Å²) in [6.45, 7) is 7.77. The molecule has 2 aliphatic carbocycles. The number of likely N-dealkylation sites (tertiary alicyclic amines) is 1.